The van der Waals surface area contributed by atoms with Crippen LogP contribution in [0, 0.1) is 13.8 Å². The van der Waals surface area contributed by atoms with Crippen LogP contribution in [0.25, 0.3) is 0 Å². The molecule has 140 valence electrons. The second-order valence-corrected chi connectivity index (χ2v) is 6.45. The van der Waals surface area contributed by atoms with E-state index in [0.29, 0.717) is 29.7 Å². The molecule has 0 saturated carbocycles. The van der Waals surface area contributed by atoms with Crippen LogP contribution in [-0.2, 0) is 4.74 Å². The predicted molar refractivity (Wildman–Crippen MR) is 104 cm³/mol. The molecule has 0 aliphatic rings. The summed E-state index contributed by atoms with van der Waals surface area (Å²) in [6, 6.07) is 9.69. The molecule has 0 aromatic heterocycles. The Bertz CT molecular complexity index is 761. The van der Waals surface area contributed by atoms with E-state index in [1.54, 1.807) is 14.0 Å². The highest BCUT2D eigenvalue weighted by Gasteiger charge is 2.14. The Morgan fingerprint density at radius 1 is 1.08 bits per heavy atom. The van der Waals surface area contributed by atoms with Crippen LogP contribution in [0.4, 0.5) is 10.5 Å². The molecular weight excluding hydrogens is 330 g/mol. The highest BCUT2D eigenvalue weighted by atomic mass is 16.5. The number of methoxy groups -OCH3 is 1. The third-order valence-corrected chi connectivity index (χ3v) is 4.05. The Hall–Kier alpha value is -2.69. The van der Waals surface area contributed by atoms with E-state index >= 15 is 0 Å². The van der Waals surface area contributed by atoms with E-state index in [2.05, 4.69) is 19.2 Å². The van der Waals surface area contributed by atoms with E-state index in [9.17, 15) is 4.79 Å². The van der Waals surface area contributed by atoms with Crippen LogP contribution in [0.1, 0.15) is 43.4 Å². The summed E-state index contributed by atoms with van der Waals surface area (Å²) in [5, 5.41) is 2.72. The van der Waals surface area contributed by atoms with E-state index in [1.807, 2.05) is 44.2 Å². The average Bonchev–Trinajstić information content (AvgIpc) is 2.58. The first kappa shape index (κ1) is 19.6. The van der Waals surface area contributed by atoms with Crippen LogP contribution in [0.5, 0.6) is 17.2 Å². The second kappa shape index (κ2) is 8.61. The van der Waals surface area contributed by atoms with E-state index in [0.717, 1.165) is 16.9 Å². The van der Waals surface area contributed by atoms with Gasteiger partial charge in [-0.3, -0.25) is 5.32 Å². The molecule has 0 fully saturated rings. The van der Waals surface area contributed by atoms with Crippen molar-refractivity contribution in [3.8, 4) is 17.2 Å². The summed E-state index contributed by atoms with van der Waals surface area (Å²) in [7, 11) is 1.64. The van der Waals surface area contributed by atoms with Gasteiger partial charge in [0.25, 0.3) is 0 Å². The van der Waals surface area contributed by atoms with Gasteiger partial charge < -0.3 is 14.2 Å². The van der Waals surface area contributed by atoms with Crippen LogP contribution < -0.4 is 14.8 Å². The molecule has 0 atom stereocenters. The minimum absolute atomic E-state index is 0.331. The average molecular weight is 357 g/mol. The van der Waals surface area contributed by atoms with E-state index in [1.165, 1.54) is 5.56 Å². The first-order valence-corrected chi connectivity index (χ1v) is 8.76. The maximum atomic E-state index is 11.6. The molecule has 2 rings (SSSR count). The van der Waals surface area contributed by atoms with Crippen molar-refractivity contribution < 1.29 is 19.0 Å². The molecule has 0 aliphatic heterocycles. The highest BCUT2D eigenvalue weighted by Crippen LogP contribution is 2.37. The maximum Gasteiger partial charge on any atom is 0.411 e. The molecule has 0 saturated heterocycles. The highest BCUT2D eigenvalue weighted by molar-refractivity contribution is 5.85. The summed E-state index contributed by atoms with van der Waals surface area (Å²) >= 11 is 0. The van der Waals surface area contributed by atoms with Gasteiger partial charge in [-0.2, -0.15) is 0 Å². The Morgan fingerprint density at radius 2 is 1.73 bits per heavy atom. The zero-order valence-corrected chi connectivity index (χ0v) is 16.3. The van der Waals surface area contributed by atoms with E-state index in [-0.39, 0.29) is 0 Å². The summed E-state index contributed by atoms with van der Waals surface area (Å²) < 4.78 is 16.5. The number of aryl methyl sites for hydroxylation is 2. The summed E-state index contributed by atoms with van der Waals surface area (Å²) in [6.07, 6.45) is -0.467. The molecule has 5 nitrogen and oxygen atoms in total. The van der Waals surface area contributed by atoms with Crippen molar-refractivity contribution in [1.82, 2.24) is 0 Å². The maximum absolute atomic E-state index is 11.6. The van der Waals surface area contributed by atoms with E-state index in [4.69, 9.17) is 14.2 Å². The van der Waals surface area contributed by atoms with Gasteiger partial charge in [0, 0.05) is 5.69 Å². The minimum Gasteiger partial charge on any atom is -0.493 e. The molecule has 0 unspecified atom stereocenters. The van der Waals surface area contributed by atoms with Crippen molar-refractivity contribution in [2.75, 3.05) is 19.0 Å². The molecular formula is C21H27NO4. The molecule has 5 heteroatoms. The fourth-order valence-electron chi connectivity index (χ4n) is 2.71. The predicted octanol–water partition coefficient (Wildman–Crippen LogP) is 5.80. The zero-order chi connectivity index (χ0) is 19.3. The fraction of sp³-hybridized carbons (Fsp3) is 0.381. The van der Waals surface area contributed by atoms with Gasteiger partial charge in [0.15, 0.2) is 11.5 Å². The van der Waals surface area contributed by atoms with Crippen molar-refractivity contribution in [3.63, 3.8) is 0 Å². The Kier molecular flexibility index (Phi) is 6.50. The number of hydrogen-bond donors (Lipinski definition) is 1. The normalized spacial score (nSPS) is 10.6. The summed E-state index contributed by atoms with van der Waals surface area (Å²) in [5.74, 6) is 2.52. The van der Waals surface area contributed by atoms with Gasteiger partial charge in [-0.05, 0) is 67.6 Å². The third kappa shape index (κ3) is 4.69. The molecule has 1 amide bonds. The van der Waals surface area contributed by atoms with Crippen molar-refractivity contribution in [2.24, 2.45) is 0 Å². The van der Waals surface area contributed by atoms with Crippen LogP contribution in [0.15, 0.2) is 30.3 Å². The molecule has 0 aliphatic carbocycles. The number of nitrogens with one attached hydrogen (secondary N) is 1. The lowest BCUT2D eigenvalue weighted by Crippen LogP contribution is -2.13. The summed E-state index contributed by atoms with van der Waals surface area (Å²) in [4.78, 5) is 11.6. The number of anilines is 1. The molecule has 0 heterocycles. The smallest absolute Gasteiger partial charge is 0.411 e. The largest absolute Gasteiger partial charge is 0.493 e. The second-order valence-electron chi connectivity index (χ2n) is 6.45. The Balaban J connectivity index is 2.28. The summed E-state index contributed by atoms with van der Waals surface area (Å²) in [6.45, 7) is 10.3. The van der Waals surface area contributed by atoms with Crippen molar-refractivity contribution >= 4 is 11.8 Å². The lowest BCUT2D eigenvalue weighted by Gasteiger charge is -2.17. The molecule has 0 radical (unpaired) electrons. The lowest BCUT2D eigenvalue weighted by atomic mass is 10.0. The monoisotopic (exact) mass is 357 g/mol. The molecule has 0 bridgehead atoms. The van der Waals surface area contributed by atoms with Gasteiger partial charge in [-0.25, -0.2) is 4.79 Å². The fourth-order valence-corrected chi connectivity index (χ4v) is 2.71. The number of hydrogen-bond acceptors (Lipinski definition) is 4. The molecule has 1 N–H and O–H groups in total. The first-order valence-electron chi connectivity index (χ1n) is 8.76. The molecule has 2 aromatic carbocycles. The van der Waals surface area contributed by atoms with Gasteiger partial charge >= 0.3 is 6.09 Å². The zero-order valence-electron chi connectivity index (χ0n) is 16.3. The topological polar surface area (TPSA) is 56.8 Å². The first-order chi connectivity index (χ1) is 12.3. The molecule has 0 spiro atoms. The van der Waals surface area contributed by atoms with Gasteiger partial charge in [0.05, 0.1) is 13.7 Å². The number of amides is 1. The minimum atomic E-state index is -0.467. The third-order valence-electron chi connectivity index (χ3n) is 4.05. The van der Waals surface area contributed by atoms with Gasteiger partial charge in [0.1, 0.15) is 5.75 Å². The van der Waals surface area contributed by atoms with Crippen molar-refractivity contribution in [1.29, 1.82) is 0 Å². The lowest BCUT2D eigenvalue weighted by molar-refractivity contribution is 0.168. The Morgan fingerprint density at radius 3 is 2.27 bits per heavy atom. The summed E-state index contributed by atoms with van der Waals surface area (Å²) in [5.41, 5.74) is 3.68. The number of carbonyl (C=O) groups is 1. The quantitative estimate of drug-likeness (QED) is 0.710. The number of ether oxygens (including phenoxy) is 3. The van der Waals surface area contributed by atoms with Crippen LogP contribution in [-0.4, -0.2) is 19.8 Å². The van der Waals surface area contributed by atoms with Crippen LogP contribution in [0.2, 0.25) is 0 Å². The van der Waals surface area contributed by atoms with Crippen molar-refractivity contribution in [3.05, 3.63) is 47.0 Å². The van der Waals surface area contributed by atoms with E-state index < -0.39 is 6.09 Å². The number of rotatable bonds is 6. The number of carbonyl (C=O) groups excluding carboxylic acids is 1. The molecule has 26 heavy (non-hydrogen) atoms. The van der Waals surface area contributed by atoms with Gasteiger partial charge in [-0.15, -0.1) is 0 Å². The van der Waals surface area contributed by atoms with Gasteiger partial charge in [-0.1, -0.05) is 19.9 Å². The van der Waals surface area contributed by atoms with Crippen LogP contribution >= 0.6 is 0 Å². The number of benzene rings is 2. The van der Waals surface area contributed by atoms with Crippen molar-refractivity contribution in [2.45, 2.75) is 40.5 Å². The standard InChI is InChI=1S/C21H27NO4/c1-7-25-21(23)22-17-10-14(4)20(15(5)11-17)26-18-9-8-16(13(2)3)12-19(18)24-6/h8-13H,7H2,1-6H3,(H,22,23). The van der Waals surface area contributed by atoms with Gasteiger partial charge in [0.2, 0.25) is 0 Å². The molecule has 2 aromatic rings. The van der Waals surface area contributed by atoms with Crippen LogP contribution in [0.3, 0.4) is 0 Å². The Labute approximate surface area is 155 Å². The SMILES string of the molecule is CCOC(=O)Nc1cc(C)c(Oc2ccc(C(C)C)cc2OC)c(C)c1.